The Balaban J connectivity index is 1.36. The van der Waals surface area contributed by atoms with Crippen molar-refractivity contribution in [3.8, 4) is 11.1 Å². The normalized spacial score (nSPS) is 17.0. The van der Waals surface area contributed by atoms with E-state index in [0.29, 0.717) is 27.1 Å². The lowest BCUT2D eigenvalue weighted by Gasteiger charge is -2.24. The molecule has 1 fully saturated rings. The summed E-state index contributed by atoms with van der Waals surface area (Å²) in [7, 11) is 0. The topological polar surface area (TPSA) is 123 Å². The summed E-state index contributed by atoms with van der Waals surface area (Å²) in [4.78, 5) is 52.4. The number of rotatable bonds is 7. The third-order valence-electron chi connectivity index (χ3n) is 6.57. The third-order valence-corrected chi connectivity index (χ3v) is 7.01. The molecule has 200 valence electrons. The third kappa shape index (κ3) is 5.85. The Morgan fingerprint density at radius 2 is 1.90 bits per heavy atom. The standard InChI is InChI=1S/C27H25BrFN7O3/c1-15(37)27-21-8-17(18-11-30-16(2)31-12-18)6-7-22(21)36(34-27)14-26(39)35-13-19(29)9-20(35)10-25(38)33-24-5-3-4-23(28)32-24/h3-8,11-12,19-20H,9-10,13-14H2,1-2H3,(H,32,33,38)/t19-,20+/m1/s1. The fraction of sp³-hybridized carbons (Fsp3) is 0.296. The van der Waals surface area contributed by atoms with Crippen molar-refractivity contribution in [1.29, 1.82) is 0 Å². The highest BCUT2D eigenvalue weighted by Gasteiger charge is 2.37. The molecule has 1 aromatic carbocycles. The molecule has 0 bridgehead atoms. The molecule has 4 heterocycles. The van der Waals surface area contributed by atoms with E-state index in [-0.39, 0.29) is 49.2 Å². The van der Waals surface area contributed by atoms with Crippen LogP contribution in [0.4, 0.5) is 10.2 Å². The van der Waals surface area contributed by atoms with Crippen molar-refractivity contribution in [2.45, 2.75) is 45.4 Å². The molecule has 12 heteroatoms. The Bertz CT molecular complexity index is 1570. The van der Waals surface area contributed by atoms with Gasteiger partial charge in [0, 0.05) is 49.2 Å². The number of likely N-dealkylation sites (tertiary alicyclic amines) is 1. The van der Waals surface area contributed by atoms with E-state index < -0.39 is 12.2 Å². The Labute approximate surface area is 231 Å². The van der Waals surface area contributed by atoms with E-state index >= 15 is 0 Å². The number of nitrogens with one attached hydrogen (secondary N) is 1. The smallest absolute Gasteiger partial charge is 0.244 e. The van der Waals surface area contributed by atoms with Crippen molar-refractivity contribution in [2.24, 2.45) is 0 Å². The molecule has 0 saturated carbocycles. The van der Waals surface area contributed by atoms with E-state index in [2.05, 4.69) is 41.3 Å². The van der Waals surface area contributed by atoms with E-state index in [1.54, 1.807) is 43.6 Å². The van der Waals surface area contributed by atoms with Crippen molar-refractivity contribution in [3.63, 3.8) is 0 Å². The lowest BCUT2D eigenvalue weighted by atomic mass is 10.0. The molecule has 1 saturated heterocycles. The molecular weight excluding hydrogens is 569 g/mol. The largest absolute Gasteiger partial charge is 0.335 e. The second-order valence-electron chi connectivity index (χ2n) is 9.44. The van der Waals surface area contributed by atoms with Gasteiger partial charge < -0.3 is 10.2 Å². The molecule has 0 spiro atoms. The van der Waals surface area contributed by atoms with Crippen LogP contribution in [0.25, 0.3) is 22.0 Å². The highest BCUT2D eigenvalue weighted by molar-refractivity contribution is 9.10. The number of aryl methyl sites for hydroxylation is 1. The molecule has 1 aliphatic rings. The van der Waals surface area contributed by atoms with Gasteiger partial charge >= 0.3 is 0 Å². The summed E-state index contributed by atoms with van der Waals surface area (Å²) in [5, 5.41) is 7.71. The molecule has 2 amide bonds. The summed E-state index contributed by atoms with van der Waals surface area (Å²) >= 11 is 3.25. The van der Waals surface area contributed by atoms with Gasteiger partial charge in [-0.3, -0.25) is 19.1 Å². The molecule has 0 unspecified atom stereocenters. The van der Waals surface area contributed by atoms with E-state index in [4.69, 9.17) is 0 Å². The first-order chi connectivity index (χ1) is 18.7. The quantitative estimate of drug-likeness (QED) is 0.252. The van der Waals surface area contributed by atoms with Gasteiger partial charge in [0.15, 0.2) is 5.78 Å². The Hall–Kier alpha value is -4.06. The average Bonchev–Trinajstić information content (AvgIpc) is 3.44. The van der Waals surface area contributed by atoms with Crippen molar-refractivity contribution < 1.29 is 18.8 Å². The number of aromatic nitrogens is 5. The van der Waals surface area contributed by atoms with Gasteiger partial charge in [-0.15, -0.1) is 0 Å². The number of benzene rings is 1. The maximum absolute atomic E-state index is 14.4. The monoisotopic (exact) mass is 593 g/mol. The average molecular weight is 594 g/mol. The number of Topliss-reactive ketones (excluding diaryl/α,β-unsaturated/α-hetero) is 1. The summed E-state index contributed by atoms with van der Waals surface area (Å²) in [6, 6.07) is 9.96. The Morgan fingerprint density at radius 3 is 2.62 bits per heavy atom. The van der Waals surface area contributed by atoms with Crippen LogP contribution in [0.3, 0.4) is 0 Å². The first-order valence-corrected chi connectivity index (χ1v) is 13.1. The number of fused-ring (bicyclic) bond motifs is 1. The Morgan fingerprint density at radius 1 is 1.13 bits per heavy atom. The predicted molar refractivity (Wildman–Crippen MR) is 146 cm³/mol. The maximum Gasteiger partial charge on any atom is 0.244 e. The minimum Gasteiger partial charge on any atom is -0.335 e. The van der Waals surface area contributed by atoms with Crippen molar-refractivity contribution >= 4 is 50.2 Å². The lowest BCUT2D eigenvalue weighted by molar-refractivity contribution is -0.133. The number of anilines is 1. The minimum absolute atomic E-state index is 0.0611. The first kappa shape index (κ1) is 26.5. The minimum atomic E-state index is -1.24. The summed E-state index contributed by atoms with van der Waals surface area (Å²) in [6.07, 6.45) is 2.16. The molecule has 1 N–H and O–H groups in total. The number of pyridine rings is 1. The summed E-state index contributed by atoms with van der Waals surface area (Å²) in [5.74, 6) is 0.00812. The molecule has 3 aromatic heterocycles. The molecule has 0 radical (unpaired) electrons. The summed E-state index contributed by atoms with van der Waals surface area (Å²) in [5.41, 5.74) is 2.42. The second-order valence-corrected chi connectivity index (χ2v) is 10.3. The second kappa shape index (κ2) is 11.0. The van der Waals surface area contributed by atoms with Crippen LogP contribution in [0.15, 0.2) is 53.4 Å². The zero-order valence-corrected chi connectivity index (χ0v) is 22.9. The van der Waals surface area contributed by atoms with Gasteiger partial charge in [0.05, 0.1) is 12.1 Å². The van der Waals surface area contributed by atoms with Gasteiger partial charge in [0.1, 0.15) is 34.7 Å². The highest BCUT2D eigenvalue weighted by atomic mass is 79.9. The molecule has 1 aliphatic heterocycles. The van der Waals surface area contributed by atoms with Gasteiger partial charge in [-0.05, 0) is 52.7 Å². The number of ketones is 1. The van der Waals surface area contributed by atoms with Crippen molar-refractivity contribution in [2.75, 3.05) is 11.9 Å². The van der Waals surface area contributed by atoms with Gasteiger partial charge in [-0.25, -0.2) is 19.3 Å². The summed E-state index contributed by atoms with van der Waals surface area (Å²) < 4.78 is 16.4. The van der Waals surface area contributed by atoms with Crippen molar-refractivity contribution in [1.82, 2.24) is 29.6 Å². The zero-order valence-electron chi connectivity index (χ0n) is 21.3. The molecule has 5 rings (SSSR count). The van der Waals surface area contributed by atoms with Crippen LogP contribution >= 0.6 is 15.9 Å². The van der Waals surface area contributed by atoms with Crippen LogP contribution in [0.1, 0.15) is 36.1 Å². The number of hydrogen-bond donors (Lipinski definition) is 1. The number of carbonyl (C=O) groups excluding carboxylic acids is 3. The molecule has 10 nitrogen and oxygen atoms in total. The fourth-order valence-corrected chi connectivity index (χ4v) is 5.09. The Kier molecular flexibility index (Phi) is 7.47. The van der Waals surface area contributed by atoms with Crippen LogP contribution in [-0.2, 0) is 16.1 Å². The SMILES string of the molecule is CC(=O)c1nn(CC(=O)N2C[C@H](F)C[C@H]2CC(=O)Nc2cccc(Br)n2)c2ccc(-c3cnc(C)nc3)cc12. The van der Waals surface area contributed by atoms with Gasteiger partial charge in [0.25, 0.3) is 0 Å². The lowest BCUT2D eigenvalue weighted by Crippen LogP contribution is -2.40. The van der Waals surface area contributed by atoms with E-state index in [0.717, 1.165) is 11.1 Å². The van der Waals surface area contributed by atoms with Crippen LogP contribution in [0.5, 0.6) is 0 Å². The zero-order chi connectivity index (χ0) is 27.7. The van der Waals surface area contributed by atoms with Crippen LogP contribution < -0.4 is 5.32 Å². The highest BCUT2D eigenvalue weighted by Crippen LogP contribution is 2.28. The van der Waals surface area contributed by atoms with E-state index in [1.807, 2.05) is 12.1 Å². The first-order valence-electron chi connectivity index (χ1n) is 12.3. The predicted octanol–water partition coefficient (Wildman–Crippen LogP) is 4.13. The number of carbonyl (C=O) groups is 3. The maximum atomic E-state index is 14.4. The van der Waals surface area contributed by atoms with Gasteiger partial charge in [-0.1, -0.05) is 12.1 Å². The van der Waals surface area contributed by atoms with Crippen LogP contribution in [0.2, 0.25) is 0 Å². The molecule has 39 heavy (non-hydrogen) atoms. The molecule has 0 aliphatic carbocycles. The number of halogens is 2. The number of alkyl halides is 1. The number of hydrogen-bond acceptors (Lipinski definition) is 7. The molecule has 4 aromatic rings. The molecule has 2 atom stereocenters. The van der Waals surface area contributed by atoms with Crippen LogP contribution in [-0.4, -0.2) is 66.0 Å². The fourth-order valence-electron chi connectivity index (χ4n) is 4.74. The van der Waals surface area contributed by atoms with Crippen molar-refractivity contribution in [3.05, 3.63) is 64.9 Å². The van der Waals surface area contributed by atoms with Gasteiger partial charge in [-0.2, -0.15) is 5.10 Å². The van der Waals surface area contributed by atoms with E-state index in [9.17, 15) is 18.8 Å². The van der Waals surface area contributed by atoms with Crippen LogP contribution in [0, 0.1) is 6.92 Å². The van der Waals surface area contributed by atoms with E-state index in [1.165, 1.54) is 16.5 Å². The molecular formula is C27H25BrFN7O3. The number of nitrogens with zero attached hydrogens (tertiary/aromatic N) is 6. The summed E-state index contributed by atoms with van der Waals surface area (Å²) in [6.45, 7) is 2.90. The van der Waals surface area contributed by atoms with Gasteiger partial charge in [0.2, 0.25) is 11.8 Å². The number of amides is 2.